The molecule has 0 saturated heterocycles. The van der Waals surface area contributed by atoms with Gasteiger partial charge in [0, 0.05) is 14.6 Å². The number of hydrogen-bond donors (Lipinski definition) is 0. The van der Waals surface area contributed by atoms with Gasteiger partial charge in [0.15, 0.2) is 0 Å². The van der Waals surface area contributed by atoms with Crippen LogP contribution >= 0.6 is 38.9 Å². The van der Waals surface area contributed by atoms with Crippen LogP contribution in [0.5, 0.6) is 0 Å². The first kappa shape index (κ1) is 10.9. The molecule has 0 aliphatic heterocycles. The van der Waals surface area contributed by atoms with E-state index in [2.05, 4.69) is 20.7 Å². The fourth-order valence-electron chi connectivity index (χ4n) is 1.26. The zero-order valence-electron chi connectivity index (χ0n) is 7.71. The Morgan fingerprint density at radius 2 is 2.27 bits per heavy atom. The van der Waals surface area contributed by atoms with Crippen LogP contribution in [0, 0.1) is 0 Å². The predicted octanol–water partition coefficient (Wildman–Crippen LogP) is 4.10. The molecule has 78 valence electrons. The van der Waals surface area contributed by atoms with E-state index >= 15 is 0 Å². The third-order valence-electron chi connectivity index (χ3n) is 1.96. The first-order chi connectivity index (χ1) is 7.13. The Morgan fingerprint density at radius 3 is 2.93 bits per heavy atom. The van der Waals surface area contributed by atoms with Crippen LogP contribution in [0.4, 0.5) is 0 Å². The lowest BCUT2D eigenvalue weighted by Crippen LogP contribution is -1.97. The average molecular weight is 306 g/mol. The number of ether oxygens (including phenoxy) is 1. The molecule has 0 bridgehead atoms. The summed E-state index contributed by atoms with van der Waals surface area (Å²) < 4.78 is 6.56. The summed E-state index contributed by atoms with van der Waals surface area (Å²) in [6, 6.07) is 5.72. The summed E-state index contributed by atoms with van der Waals surface area (Å²) in [7, 11) is 1.35. The standard InChI is InChI=1S/C10H6BrClO2S/c1-14-10(13)9-8(12)6-4-5(11)2-3-7(6)15-9/h2-4H,1H3. The Morgan fingerprint density at radius 1 is 1.53 bits per heavy atom. The lowest BCUT2D eigenvalue weighted by molar-refractivity contribution is 0.0606. The molecular weight excluding hydrogens is 300 g/mol. The molecule has 1 heterocycles. The van der Waals surface area contributed by atoms with Crippen molar-refractivity contribution in [2.24, 2.45) is 0 Å². The van der Waals surface area contributed by atoms with Gasteiger partial charge in [-0.05, 0) is 18.2 Å². The van der Waals surface area contributed by atoms with Gasteiger partial charge in [-0.1, -0.05) is 27.5 Å². The van der Waals surface area contributed by atoms with E-state index in [-0.39, 0.29) is 0 Å². The van der Waals surface area contributed by atoms with E-state index in [1.807, 2.05) is 18.2 Å². The molecular formula is C10H6BrClO2S. The third kappa shape index (κ3) is 1.89. The fourth-order valence-corrected chi connectivity index (χ4v) is 3.02. The molecule has 0 radical (unpaired) electrons. The van der Waals surface area contributed by atoms with Crippen molar-refractivity contribution in [1.29, 1.82) is 0 Å². The van der Waals surface area contributed by atoms with Crippen molar-refractivity contribution in [1.82, 2.24) is 0 Å². The number of methoxy groups -OCH3 is 1. The fraction of sp³-hybridized carbons (Fsp3) is 0.100. The lowest BCUT2D eigenvalue weighted by Gasteiger charge is -1.94. The number of benzene rings is 1. The Labute approximate surface area is 104 Å². The van der Waals surface area contributed by atoms with Crippen LogP contribution in [0.3, 0.4) is 0 Å². The quantitative estimate of drug-likeness (QED) is 0.741. The van der Waals surface area contributed by atoms with Crippen LogP contribution in [-0.4, -0.2) is 13.1 Å². The Kier molecular flexibility index (Phi) is 3.00. The second-order valence-electron chi connectivity index (χ2n) is 2.88. The zero-order chi connectivity index (χ0) is 11.0. The first-order valence-corrected chi connectivity index (χ1v) is 6.08. The van der Waals surface area contributed by atoms with Gasteiger partial charge < -0.3 is 4.74 Å². The third-order valence-corrected chi connectivity index (χ3v) is 4.11. The second-order valence-corrected chi connectivity index (χ2v) is 5.22. The number of carbonyl (C=O) groups excluding carboxylic acids is 1. The summed E-state index contributed by atoms with van der Waals surface area (Å²) in [5.41, 5.74) is 0. The number of hydrogen-bond acceptors (Lipinski definition) is 3. The molecule has 0 saturated carbocycles. The molecule has 1 aromatic carbocycles. The highest BCUT2D eigenvalue weighted by Gasteiger charge is 2.17. The minimum atomic E-state index is -0.391. The van der Waals surface area contributed by atoms with Crippen molar-refractivity contribution in [2.75, 3.05) is 7.11 Å². The maximum absolute atomic E-state index is 11.4. The van der Waals surface area contributed by atoms with Crippen molar-refractivity contribution in [3.8, 4) is 0 Å². The van der Waals surface area contributed by atoms with Crippen LogP contribution in [-0.2, 0) is 4.74 Å². The number of esters is 1. The van der Waals surface area contributed by atoms with E-state index in [0.29, 0.717) is 9.90 Å². The van der Waals surface area contributed by atoms with Gasteiger partial charge in [0.05, 0.1) is 12.1 Å². The van der Waals surface area contributed by atoms with E-state index in [1.54, 1.807) is 0 Å². The minimum Gasteiger partial charge on any atom is -0.465 e. The van der Waals surface area contributed by atoms with E-state index in [4.69, 9.17) is 11.6 Å². The van der Waals surface area contributed by atoms with Crippen LogP contribution in [0.15, 0.2) is 22.7 Å². The van der Waals surface area contributed by atoms with Crippen molar-refractivity contribution in [2.45, 2.75) is 0 Å². The maximum atomic E-state index is 11.4. The maximum Gasteiger partial charge on any atom is 0.349 e. The summed E-state index contributed by atoms with van der Waals surface area (Å²) in [5, 5.41) is 1.33. The summed E-state index contributed by atoms with van der Waals surface area (Å²) in [6.45, 7) is 0. The molecule has 0 unspecified atom stereocenters. The summed E-state index contributed by atoms with van der Waals surface area (Å²) >= 11 is 10.8. The number of fused-ring (bicyclic) bond motifs is 1. The first-order valence-electron chi connectivity index (χ1n) is 4.09. The average Bonchev–Trinajstić information content (AvgIpc) is 2.55. The van der Waals surface area contributed by atoms with E-state index in [1.165, 1.54) is 18.4 Å². The SMILES string of the molecule is COC(=O)c1sc2ccc(Br)cc2c1Cl. The van der Waals surface area contributed by atoms with Crippen molar-refractivity contribution in [3.63, 3.8) is 0 Å². The Hall–Kier alpha value is -0.580. The predicted molar refractivity (Wildman–Crippen MR) is 65.9 cm³/mol. The highest BCUT2D eigenvalue weighted by atomic mass is 79.9. The van der Waals surface area contributed by atoms with Gasteiger partial charge >= 0.3 is 5.97 Å². The van der Waals surface area contributed by atoms with Crippen LogP contribution in [0.25, 0.3) is 10.1 Å². The molecule has 2 rings (SSSR count). The van der Waals surface area contributed by atoms with Gasteiger partial charge in [0.1, 0.15) is 4.88 Å². The van der Waals surface area contributed by atoms with Gasteiger partial charge in [-0.2, -0.15) is 0 Å². The molecule has 0 spiro atoms. The van der Waals surface area contributed by atoms with Crippen molar-refractivity contribution >= 4 is 54.9 Å². The van der Waals surface area contributed by atoms with Crippen LogP contribution in [0.2, 0.25) is 5.02 Å². The van der Waals surface area contributed by atoms with E-state index < -0.39 is 5.97 Å². The summed E-state index contributed by atoms with van der Waals surface area (Å²) in [5.74, 6) is -0.391. The molecule has 0 fully saturated rings. The minimum absolute atomic E-state index is 0.391. The molecule has 0 N–H and O–H groups in total. The van der Waals surface area contributed by atoms with E-state index in [0.717, 1.165) is 14.6 Å². The van der Waals surface area contributed by atoms with Gasteiger partial charge in [-0.3, -0.25) is 0 Å². The molecule has 5 heteroatoms. The molecule has 2 nitrogen and oxygen atoms in total. The van der Waals surface area contributed by atoms with Gasteiger partial charge in [-0.25, -0.2) is 4.79 Å². The van der Waals surface area contributed by atoms with Gasteiger partial charge in [0.25, 0.3) is 0 Å². The second kappa shape index (κ2) is 4.12. The summed E-state index contributed by atoms with van der Waals surface area (Å²) in [6.07, 6.45) is 0. The normalized spacial score (nSPS) is 10.6. The Bertz CT molecular complexity index is 535. The monoisotopic (exact) mass is 304 g/mol. The molecule has 0 aliphatic rings. The number of carbonyl (C=O) groups is 1. The molecule has 2 aromatic rings. The van der Waals surface area contributed by atoms with Crippen molar-refractivity contribution in [3.05, 3.63) is 32.6 Å². The molecule has 15 heavy (non-hydrogen) atoms. The topological polar surface area (TPSA) is 26.3 Å². The molecule has 0 atom stereocenters. The highest BCUT2D eigenvalue weighted by Crippen LogP contribution is 2.36. The molecule has 1 aromatic heterocycles. The van der Waals surface area contributed by atoms with E-state index in [9.17, 15) is 4.79 Å². The largest absolute Gasteiger partial charge is 0.465 e. The van der Waals surface area contributed by atoms with Gasteiger partial charge in [-0.15, -0.1) is 11.3 Å². The van der Waals surface area contributed by atoms with Gasteiger partial charge in [0.2, 0.25) is 0 Å². The molecule has 0 amide bonds. The van der Waals surface area contributed by atoms with Crippen LogP contribution in [0.1, 0.15) is 9.67 Å². The summed E-state index contributed by atoms with van der Waals surface area (Å²) in [4.78, 5) is 11.8. The Balaban J connectivity index is 2.69. The highest BCUT2D eigenvalue weighted by molar-refractivity contribution is 9.10. The zero-order valence-corrected chi connectivity index (χ0v) is 10.9. The lowest BCUT2D eigenvalue weighted by atomic mass is 10.2. The van der Waals surface area contributed by atoms with Crippen molar-refractivity contribution < 1.29 is 9.53 Å². The number of thiophene rings is 1. The smallest absolute Gasteiger partial charge is 0.349 e. The van der Waals surface area contributed by atoms with Crippen LogP contribution < -0.4 is 0 Å². The number of halogens is 2. The number of rotatable bonds is 1. The molecule has 0 aliphatic carbocycles.